The van der Waals surface area contributed by atoms with Gasteiger partial charge in [0.15, 0.2) is 0 Å². The van der Waals surface area contributed by atoms with E-state index in [0.717, 1.165) is 31.0 Å². The molecular weight excluding hydrogens is 390 g/mol. The first kappa shape index (κ1) is 21.0. The van der Waals surface area contributed by atoms with Gasteiger partial charge in [-0.25, -0.2) is 0 Å². The number of amides is 1. The fraction of sp³-hybridized carbons (Fsp3) is 0.292. The molecule has 2 saturated heterocycles. The summed E-state index contributed by atoms with van der Waals surface area (Å²) < 4.78 is 5.66. The summed E-state index contributed by atoms with van der Waals surface area (Å²) in [4.78, 5) is 19.0. The van der Waals surface area contributed by atoms with E-state index in [0.29, 0.717) is 23.2 Å². The Morgan fingerprint density at radius 1 is 1.23 bits per heavy atom. The highest BCUT2D eigenvalue weighted by Crippen LogP contribution is 2.30. The van der Waals surface area contributed by atoms with Gasteiger partial charge >= 0.3 is 0 Å². The summed E-state index contributed by atoms with van der Waals surface area (Å²) in [5, 5.41) is 10.4. The van der Waals surface area contributed by atoms with Crippen molar-refractivity contribution in [1.82, 2.24) is 9.88 Å². The van der Waals surface area contributed by atoms with Gasteiger partial charge in [-0.1, -0.05) is 12.1 Å². The van der Waals surface area contributed by atoms with Crippen molar-refractivity contribution in [2.24, 2.45) is 5.73 Å². The lowest BCUT2D eigenvalue weighted by Crippen LogP contribution is -2.45. The lowest BCUT2D eigenvalue weighted by atomic mass is 10.0. The van der Waals surface area contributed by atoms with E-state index < -0.39 is 0 Å². The number of hydrogen-bond acceptors (Lipinski definition) is 6. The minimum Gasteiger partial charge on any atom is -0.404 e. The normalized spacial score (nSPS) is 21.4. The molecule has 2 aliphatic rings. The lowest BCUT2D eigenvalue weighted by Gasteiger charge is -2.34. The lowest BCUT2D eigenvalue weighted by molar-refractivity contribution is -0.111. The van der Waals surface area contributed by atoms with Gasteiger partial charge in [-0.2, -0.15) is 0 Å². The number of aromatic nitrogens is 1. The third-order valence-corrected chi connectivity index (χ3v) is 5.89. The summed E-state index contributed by atoms with van der Waals surface area (Å²) in [6.07, 6.45) is 11.4. The summed E-state index contributed by atoms with van der Waals surface area (Å²) in [5.74, 6) is -0.234. The molecule has 2 aromatic rings. The fourth-order valence-corrected chi connectivity index (χ4v) is 4.24. The van der Waals surface area contributed by atoms with Crippen molar-refractivity contribution in [2.75, 3.05) is 18.5 Å². The molecule has 1 aromatic carbocycles. The van der Waals surface area contributed by atoms with Crippen LogP contribution >= 0.6 is 0 Å². The Morgan fingerprint density at radius 3 is 2.65 bits per heavy atom. The standard InChI is InChI=1S/C24H27N5O2/c25-11-19(12-26)23-9-10-27-13-18(23)3-8-24(30)28-20-4-1-17(2-5-20)14-29-21-6-7-22(29)16-31-15-21/h1-5,8-13,21-22,25H,6-7,14-16,26H2,(H,28,30)/b8-3+,19-12+,25-11?. The van der Waals surface area contributed by atoms with Crippen LogP contribution in [0, 0.1) is 5.41 Å². The van der Waals surface area contributed by atoms with Crippen LogP contribution in [0.4, 0.5) is 5.69 Å². The van der Waals surface area contributed by atoms with Crippen molar-refractivity contribution in [3.05, 3.63) is 71.7 Å². The van der Waals surface area contributed by atoms with Gasteiger partial charge in [0.2, 0.25) is 5.91 Å². The molecule has 4 rings (SSSR count). The van der Waals surface area contributed by atoms with E-state index in [1.165, 1.54) is 36.9 Å². The molecular formula is C24H27N5O2. The van der Waals surface area contributed by atoms with E-state index in [9.17, 15) is 4.79 Å². The molecule has 31 heavy (non-hydrogen) atoms. The zero-order chi connectivity index (χ0) is 21.6. The van der Waals surface area contributed by atoms with Gasteiger partial charge in [-0.05, 0) is 48.2 Å². The van der Waals surface area contributed by atoms with Gasteiger partial charge in [0.1, 0.15) is 0 Å². The van der Waals surface area contributed by atoms with Crippen LogP contribution < -0.4 is 11.1 Å². The molecule has 2 bridgehead atoms. The van der Waals surface area contributed by atoms with Gasteiger partial charge in [-0.15, -0.1) is 0 Å². The molecule has 0 radical (unpaired) electrons. The number of rotatable bonds is 7. The molecule has 2 unspecified atom stereocenters. The molecule has 2 fully saturated rings. The number of fused-ring (bicyclic) bond motifs is 2. The van der Waals surface area contributed by atoms with Gasteiger partial charge in [-0.3, -0.25) is 14.7 Å². The van der Waals surface area contributed by atoms with E-state index in [4.69, 9.17) is 15.9 Å². The third kappa shape index (κ3) is 4.90. The maximum atomic E-state index is 12.4. The number of pyridine rings is 1. The van der Waals surface area contributed by atoms with Crippen molar-refractivity contribution in [3.63, 3.8) is 0 Å². The highest BCUT2D eigenvalue weighted by molar-refractivity contribution is 6.10. The van der Waals surface area contributed by atoms with Gasteiger partial charge < -0.3 is 21.2 Å². The number of morpholine rings is 1. The average molecular weight is 418 g/mol. The number of nitrogens with one attached hydrogen (secondary N) is 2. The van der Waals surface area contributed by atoms with E-state index in [-0.39, 0.29) is 5.91 Å². The molecule has 7 heteroatoms. The number of nitrogens with zero attached hydrogens (tertiary/aromatic N) is 2. The summed E-state index contributed by atoms with van der Waals surface area (Å²) in [6.45, 7) is 2.58. The number of anilines is 1. The first-order valence-corrected chi connectivity index (χ1v) is 10.5. The maximum absolute atomic E-state index is 12.4. The SMILES string of the molecule is N=C/C(=C\N)c1ccncc1/C=C/C(=O)Nc1ccc(CN2C3CCC2COC3)cc1. The first-order chi connectivity index (χ1) is 15.2. The van der Waals surface area contributed by atoms with Crippen molar-refractivity contribution in [2.45, 2.75) is 31.5 Å². The van der Waals surface area contributed by atoms with Crippen LogP contribution in [0.15, 0.2) is 55.0 Å². The minimum absolute atomic E-state index is 0.234. The number of allylic oxidation sites excluding steroid dienone is 1. The topological polar surface area (TPSA) is 104 Å². The smallest absolute Gasteiger partial charge is 0.248 e. The van der Waals surface area contributed by atoms with E-state index in [1.807, 2.05) is 12.1 Å². The van der Waals surface area contributed by atoms with Crippen molar-refractivity contribution in [3.8, 4) is 0 Å². The van der Waals surface area contributed by atoms with Crippen LogP contribution in [0.5, 0.6) is 0 Å². The first-order valence-electron chi connectivity index (χ1n) is 10.5. The predicted octanol–water partition coefficient (Wildman–Crippen LogP) is 3.05. The minimum atomic E-state index is -0.234. The highest BCUT2D eigenvalue weighted by atomic mass is 16.5. The summed E-state index contributed by atoms with van der Waals surface area (Å²) in [5.41, 5.74) is 9.60. The third-order valence-electron chi connectivity index (χ3n) is 5.89. The van der Waals surface area contributed by atoms with Gasteiger partial charge in [0.25, 0.3) is 0 Å². The summed E-state index contributed by atoms with van der Waals surface area (Å²) in [7, 11) is 0. The number of nitrogens with two attached hydrogens (primary N) is 1. The summed E-state index contributed by atoms with van der Waals surface area (Å²) in [6, 6.07) is 10.8. The molecule has 2 aliphatic heterocycles. The molecule has 1 aromatic heterocycles. The Bertz CT molecular complexity index is 983. The summed E-state index contributed by atoms with van der Waals surface area (Å²) >= 11 is 0. The second-order valence-corrected chi connectivity index (χ2v) is 7.84. The van der Waals surface area contributed by atoms with E-state index >= 15 is 0 Å². The molecule has 1 amide bonds. The Balaban J connectivity index is 1.37. The number of hydrogen-bond donors (Lipinski definition) is 3. The second kappa shape index (κ2) is 9.68. The maximum Gasteiger partial charge on any atom is 0.248 e. The zero-order valence-corrected chi connectivity index (χ0v) is 17.3. The molecule has 0 saturated carbocycles. The van der Waals surface area contributed by atoms with E-state index in [1.54, 1.807) is 24.5 Å². The largest absolute Gasteiger partial charge is 0.404 e. The van der Waals surface area contributed by atoms with Gasteiger partial charge in [0, 0.05) is 66.3 Å². The Morgan fingerprint density at radius 2 is 1.97 bits per heavy atom. The predicted molar refractivity (Wildman–Crippen MR) is 122 cm³/mol. The average Bonchev–Trinajstić information content (AvgIpc) is 3.00. The molecule has 4 N–H and O–H groups in total. The Kier molecular flexibility index (Phi) is 6.54. The van der Waals surface area contributed by atoms with E-state index in [2.05, 4.69) is 27.3 Å². The number of carbonyl (C=O) groups is 1. The Labute approximate surface area is 182 Å². The van der Waals surface area contributed by atoms with Gasteiger partial charge in [0.05, 0.1) is 13.2 Å². The molecule has 0 aliphatic carbocycles. The van der Waals surface area contributed by atoms with Crippen molar-refractivity contribution in [1.29, 1.82) is 5.41 Å². The van der Waals surface area contributed by atoms with Crippen molar-refractivity contribution < 1.29 is 9.53 Å². The van der Waals surface area contributed by atoms with Crippen LogP contribution in [-0.2, 0) is 16.1 Å². The van der Waals surface area contributed by atoms with Crippen LogP contribution in [0.1, 0.15) is 29.5 Å². The monoisotopic (exact) mass is 417 g/mol. The number of ether oxygens (including phenoxy) is 1. The molecule has 2 atom stereocenters. The van der Waals surface area contributed by atoms with Crippen LogP contribution in [0.25, 0.3) is 11.6 Å². The quantitative estimate of drug-likeness (QED) is 0.474. The zero-order valence-electron chi connectivity index (χ0n) is 17.3. The molecule has 3 heterocycles. The molecule has 7 nitrogen and oxygen atoms in total. The number of benzene rings is 1. The van der Waals surface area contributed by atoms with Crippen LogP contribution in [-0.4, -0.2) is 47.3 Å². The van der Waals surface area contributed by atoms with Crippen LogP contribution in [0.2, 0.25) is 0 Å². The molecule has 0 spiro atoms. The second-order valence-electron chi connectivity index (χ2n) is 7.84. The molecule has 160 valence electrons. The Hall–Kier alpha value is -3.29. The fourth-order valence-electron chi connectivity index (χ4n) is 4.24. The van der Waals surface area contributed by atoms with Crippen molar-refractivity contribution >= 4 is 29.5 Å². The van der Waals surface area contributed by atoms with Crippen LogP contribution in [0.3, 0.4) is 0 Å². The highest BCUT2D eigenvalue weighted by Gasteiger charge is 2.36. The number of carbonyl (C=O) groups excluding carboxylic acids is 1.